The van der Waals surface area contributed by atoms with E-state index in [0.29, 0.717) is 0 Å². The Morgan fingerprint density at radius 3 is 1.65 bits per heavy atom. The highest BCUT2D eigenvalue weighted by molar-refractivity contribution is 6.11. The van der Waals surface area contributed by atoms with Crippen molar-refractivity contribution in [3.63, 3.8) is 0 Å². The number of fused-ring (bicyclic) bond motifs is 15. The van der Waals surface area contributed by atoms with Crippen molar-refractivity contribution in [2.75, 3.05) is 0 Å². The van der Waals surface area contributed by atoms with Gasteiger partial charge in [0, 0.05) is 27.8 Å². The van der Waals surface area contributed by atoms with E-state index in [1.54, 1.807) is 0 Å². The van der Waals surface area contributed by atoms with Crippen molar-refractivity contribution in [1.29, 1.82) is 0 Å². The van der Waals surface area contributed by atoms with E-state index in [9.17, 15) is 0 Å². The van der Waals surface area contributed by atoms with Gasteiger partial charge in [0.2, 0.25) is 5.52 Å². The molecule has 0 atom stereocenters. The first-order valence-corrected chi connectivity index (χ1v) is 13.8. The maximum atomic E-state index is 6.35. The van der Waals surface area contributed by atoms with Gasteiger partial charge >= 0.3 is 0 Å². The molecule has 0 unspecified atom stereocenters. The first kappa shape index (κ1) is 23.0. The van der Waals surface area contributed by atoms with E-state index in [4.69, 9.17) is 4.42 Å². The van der Waals surface area contributed by atoms with Gasteiger partial charge in [-0.15, -0.1) is 0 Å². The van der Waals surface area contributed by atoms with Crippen molar-refractivity contribution in [2.24, 2.45) is 7.05 Å². The van der Waals surface area contributed by atoms with E-state index in [2.05, 4.69) is 141 Å². The minimum absolute atomic E-state index is 0.916. The number of pyridine rings is 1. The minimum Gasteiger partial charge on any atom is -0.456 e. The first-order valence-electron chi connectivity index (χ1n) is 13.8. The molecular weight excluding hydrogens is 486 g/mol. The van der Waals surface area contributed by atoms with Gasteiger partial charge < -0.3 is 4.42 Å². The van der Waals surface area contributed by atoms with Crippen molar-refractivity contribution >= 4 is 75.9 Å². The SMILES string of the molecule is Cc1c[n+](C)c2cc1c1cccc(c1)c1cccc(c1)c1cccc(c1)c1ccc3oc4cc(C)c2cc4c3c1. The summed E-state index contributed by atoms with van der Waals surface area (Å²) in [6.07, 6.45) is 2.25. The van der Waals surface area contributed by atoms with Gasteiger partial charge in [0.1, 0.15) is 18.2 Å². The molecule has 6 aromatic carbocycles. The highest BCUT2D eigenvalue weighted by Gasteiger charge is 2.14. The van der Waals surface area contributed by atoms with Gasteiger partial charge in [-0.05, 0) is 105 Å². The molecule has 0 aliphatic rings. The Balaban J connectivity index is 1.66. The van der Waals surface area contributed by atoms with Crippen LogP contribution in [0.5, 0.6) is 0 Å². The molecule has 0 aliphatic carbocycles. The first-order chi connectivity index (χ1) is 19.5. The van der Waals surface area contributed by atoms with Crippen LogP contribution in [0.4, 0.5) is 0 Å². The van der Waals surface area contributed by atoms with Crippen molar-refractivity contribution in [2.45, 2.75) is 13.8 Å². The summed E-state index contributed by atoms with van der Waals surface area (Å²) in [6.45, 7) is 4.38. The van der Waals surface area contributed by atoms with Gasteiger partial charge in [0.05, 0.1) is 0 Å². The van der Waals surface area contributed by atoms with Gasteiger partial charge in [0.15, 0.2) is 6.20 Å². The Kier molecular flexibility index (Phi) is 4.90. The third kappa shape index (κ3) is 3.53. The Morgan fingerprint density at radius 1 is 0.450 bits per heavy atom. The highest BCUT2D eigenvalue weighted by Crippen LogP contribution is 2.34. The molecule has 8 aromatic rings. The second kappa shape index (κ2) is 8.53. The number of hydrogen-bond acceptors (Lipinski definition) is 1. The van der Waals surface area contributed by atoms with Crippen molar-refractivity contribution in [3.05, 3.63) is 127 Å². The molecular formula is C38H28NO+. The van der Waals surface area contributed by atoms with Crippen LogP contribution in [0.1, 0.15) is 11.1 Å². The molecule has 0 spiro atoms. The third-order valence-corrected chi connectivity index (χ3v) is 8.46. The van der Waals surface area contributed by atoms with Crippen LogP contribution < -0.4 is 4.57 Å². The lowest BCUT2D eigenvalue weighted by Gasteiger charge is -2.04. The van der Waals surface area contributed by atoms with E-state index < -0.39 is 0 Å². The van der Waals surface area contributed by atoms with Gasteiger partial charge in [-0.25, -0.2) is 4.57 Å². The van der Waals surface area contributed by atoms with Crippen LogP contribution in [0.15, 0.2) is 120 Å². The van der Waals surface area contributed by atoms with Gasteiger partial charge in [-0.2, -0.15) is 0 Å². The quantitative estimate of drug-likeness (QED) is 0.184. The Hall–Kier alpha value is -4.95. The third-order valence-electron chi connectivity index (χ3n) is 8.46. The summed E-state index contributed by atoms with van der Waals surface area (Å²) < 4.78 is 8.60. The summed E-state index contributed by atoms with van der Waals surface area (Å²) in [7, 11) is 2.14. The van der Waals surface area contributed by atoms with E-state index in [-0.39, 0.29) is 0 Å². The van der Waals surface area contributed by atoms with E-state index in [0.717, 1.165) is 21.9 Å². The van der Waals surface area contributed by atoms with Gasteiger partial charge in [0.25, 0.3) is 0 Å². The Labute approximate surface area is 232 Å². The van der Waals surface area contributed by atoms with Crippen LogP contribution in [-0.2, 0) is 7.05 Å². The van der Waals surface area contributed by atoms with Crippen molar-refractivity contribution in [1.82, 2.24) is 0 Å². The van der Waals surface area contributed by atoms with Crippen molar-refractivity contribution < 1.29 is 8.98 Å². The van der Waals surface area contributed by atoms with E-state index in [1.807, 2.05) is 0 Å². The molecule has 2 heteroatoms. The smallest absolute Gasteiger partial charge is 0.213 e. The maximum Gasteiger partial charge on any atom is 0.213 e. The minimum atomic E-state index is 0.916. The summed E-state index contributed by atoms with van der Waals surface area (Å²) in [5.74, 6) is 0. The summed E-state index contributed by atoms with van der Waals surface area (Å²) >= 11 is 0. The Bertz CT molecular complexity index is 2410. The fourth-order valence-electron chi connectivity index (χ4n) is 6.36. The highest BCUT2D eigenvalue weighted by atomic mass is 16.3. The summed E-state index contributed by atoms with van der Waals surface area (Å²) in [6, 6.07) is 40.1. The topological polar surface area (TPSA) is 17.0 Å². The number of aryl methyl sites for hydroxylation is 3. The van der Waals surface area contributed by atoms with Crippen LogP contribution >= 0.6 is 0 Å². The van der Waals surface area contributed by atoms with Crippen LogP contribution in [0.25, 0.3) is 75.9 Å². The standard InChI is InChI=1S/C38H28NO/c1-23-15-38-35-20-33(23)36-21-32(24(2)22-39(36)3)31-12-6-11-29(18-31)27-9-4-7-25(16-27)26-8-5-10-28(17-26)30-13-14-37(40-38)34(35)19-30/h4-22H,1-3H3/q+1. The summed E-state index contributed by atoms with van der Waals surface area (Å²) in [5.41, 5.74) is 5.48. The summed E-state index contributed by atoms with van der Waals surface area (Å²) in [5, 5.41) is 13.2. The molecule has 190 valence electrons. The van der Waals surface area contributed by atoms with Gasteiger partial charge in [-0.3, -0.25) is 0 Å². The lowest BCUT2D eigenvalue weighted by Crippen LogP contribution is -2.28. The normalized spacial score (nSPS) is 11.9. The lowest BCUT2D eigenvalue weighted by molar-refractivity contribution is -0.645. The van der Waals surface area contributed by atoms with E-state index >= 15 is 0 Å². The molecule has 0 N–H and O–H groups in total. The van der Waals surface area contributed by atoms with Crippen LogP contribution in [-0.4, -0.2) is 0 Å². The van der Waals surface area contributed by atoms with Crippen molar-refractivity contribution in [3.8, 4) is 0 Å². The molecule has 12 bridgehead atoms. The fourth-order valence-corrected chi connectivity index (χ4v) is 6.36. The molecule has 2 nitrogen and oxygen atoms in total. The average Bonchev–Trinajstić information content (AvgIpc) is 3.33. The van der Waals surface area contributed by atoms with Gasteiger partial charge in [-0.1, -0.05) is 60.7 Å². The molecule has 0 amide bonds. The zero-order valence-electron chi connectivity index (χ0n) is 22.8. The average molecular weight is 515 g/mol. The molecule has 0 radical (unpaired) electrons. The largest absolute Gasteiger partial charge is 0.456 e. The monoisotopic (exact) mass is 514 g/mol. The van der Waals surface area contributed by atoms with Crippen LogP contribution in [0, 0.1) is 13.8 Å². The zero-order valence-corrected chi connectivity index (χ0v) is 22.8. The molecule has 0 fully saturated rings. The zero-order chi connectivity index (χ0) is 27.0. The fraction of sp³-hybridized carbons (Fsp3) is 0.0789. The number of furan rings is 1. The number of nitrogens with zero attached hydrogens (tertiary/aromatic N) is 1. The number of benzene rings is 5. The van der Waals surface area contributed by atoms with E-state index in [1.165, 1.54) is 65.1 Å². The second-order valence-electron chi connectivity index (χ2n) is 11.1. The molecule has 8 rings (SSSR count). The Morgan fingerprint density at radius 2 is 1.00 bits per heavy atom. The maximum absolute atomic E-state index is 6.35. The predicted molar refractivity (Wildman–Crippen MR) is 170 cm³/mol. The van der Waals surface area contributed by atoms with Crippen LogP contribution in [0.3, 0.4) is 0 Å². The molecule has 40 heavy (non-hydrogen) atoms. The molecule has 0 saturated carbocycles. The predicted octanol–water partition coefficient (Wildman–Crippen LogP) is 9.92. The van der Waals surface area contributed by atoms with Crippen LogP contribution in [0.2, 0.25) is 0 Å². The molecule has 2 heterocycles. The molecule has 0 aliphatic heterocycles. The molecule has 0 saturated heterocycles. The lowest BCUT2D eigenvalue weighted by atomic mass is 10.0. The second-order valence-corrected chi connectivity index (χ2v) is 11.1. The number of rotatable bonds is 0. The molecule has 2 aromatic heterocycles. The number of aromatic nitrogens is 1. The summed E-state index contributed by atoms with van der Waals surface area (Å²) in [4.78, 5) is 0. The number of hydrogen-bond donors (Lipinski definition) is 0.